The molecule has 3 aromatic rings. The van der Waals surface area contributed by atoms with Gasteiger partial charge >= 0.3 is 5.97 Å². The number of hydrogen-bond donors (Lipinski definition) is 0. The quantitative estimate of drug-likeness (QED) is 0.228. The van der Waals surface area contributed by atoms with Gasteiger partial charge in [-0.2, -0.15) is 0 Å². The molecule has 0 aliphatic carbocycles. The van der Waals surface area contributed by atoms with Crippen molar-refractivity contribution in [1.82, 2.24) is 0 Å². The van der Waals surface area contributed by atoms with Gasteiger partial charge in [0.05, 0.1) is 8.95 Å². The van der Waals surface area contributed by atoms with Gasteiger partial charge in [0.25, 0.3) is 0 Å². The van der Waals surface area contributed by atoms with E-state index in [1.807, 2.05) is 67.6 Å². The second kappa shape index (κ2) is 9.51. The average Bonchev–Trinajstić information content (AvgIpc) is 3.09. The Morgan fingerprint density at radius 3 is 2.35 bits per heavy atom. The highest BCUT2D eigenvalue weighted by Gasteiger charge is 2.25. The van der Waals surface area contributed by atoms with Crippen LogP contribution in [0, 0.1) is 6.92 Å². The molecule has 1 heterocycles. The molecule has 3 aromatic carbocycles. The van der Waals surface area contributed by atoms with E-state index < -0.39 is 5.97 Å². The van der Waals surface area contributed by atoms with Crippen LogP contribution in [0.5, 0.6) is 5.75 Å². The third-order valence-electron chi connectivity index (χ3n) is 4.62. The zero-order valence-electron chi connectivity index (χ0n) is 16.4. The lowest BCUT2D eigenvalue weighted by Crippen LogP contribution is -2.06. The van der Waals surface area contributed by atoms with Crippen LogP contribution in [0.1, 0.15) is 22.3 Å². The maximum Gasteiger partial charge on any atom is 0.363 e. The van der Waals surface area contributed by atoms with Gasteiger partial charge in [-0.1, -0.05) is 46.3 Å². The molecule has 1 aliphatic heterocycles. The average molecular weight is 606 g/mol. The van der Waals surface area contributed by atoms with Crippen molar-refractivity contribution in [2.75, 3.05) is 0 Å². The molecule has 156 valence electrons. The van der Waals surface area contributed by atoms with Crippen LogP contribution in [0.25, 0.3) is 6.08 Å². The molecule has 1 aliphatic rings. The summed E-state index contributed by atoms with van der Waals surface area (Å²) in [4.78, 5) is 16.7. The molecule has 0 bridgehead atoms. The fourth-order valence-electron chi connectivity index (χ4n) is 3.03. The van der Waals surface area contributed by atoms with E-state index in [0.717, 1.165) is 35.7 Å². The predicted octanol–water partition coefficient (Wildman–Crippen LogP) is 7.21. The van der Waals surface area contributed by atoms with Crippen LogP contribution in [0.4, 0.5) is 0 Å². The molecule has 4 nitrogen and oxygen atoms in total. The van der Waals surface area contributed by atoms with Gasteiger partial charge in [0.15, 0.2) is 5.70 Å². The van der Waals surface area contributed by atoms with E-state index in [4.69, 9.17) is 9.47 Å². The van der Waals surface area contributed by atoms with Crippen molar-refractivity contribution in [3.63, 3.8) is 0 Å². The molecule has 0 atom stereocenters. The Balaban J connectivity index is 1.56. The van der Waals surface area contributed by atoms with E-state index in [2.05, 4.69) is 52.8 Å². The van der Waals surface area contributed by atoms with Gasteiger partial charge < -0.3 is 9.47 Å². The summed E-state index contributed by atoms with van der Waals surface area (Å²) in [7, 11) is 0. The van der Waals surface area contributed by atoms with Crippen LogP contribution in [-0.4, -0.2) is 11.9 Å². The van der Waals surface area contributed by atoms with Crippen molar-refractivity contribution in [3.8, 4) is 5.75 Å². The Hall–Kier alpha value is -2.22. The summed E-state index contributed by atoms with van der Waals surface area (Å²) in [6.07, 6.45) is 1.70. The van der Waals surface area contributed by atoms with Crippen molar-refractivity contribution in [2.45, 2.75) is 13.5 Å². The summed E-state index contributed by atoms with van der Waals surface area (Å²) in [5.41, 5.74) is 3.89. The molecule has 31 heavy (non-hydrogen) atoms. The van der Waals surface area contributed by atoms with Crippen molar-refractivity contribution in [1.29, 1.82) is 0 Å². The van der Waals surface area contributed by atoms with Crippen molar-refractivity contribution >= 4 is 65.7 Å². The first-order valence-corrected chi connectivity index (χ1v) is 11.7. The molecule has 4 rings (SSSR count). The van der Waals surface area contributed by atoms with E-state index in [1.54, 1.807) is 6.08 Å². The Kier molecular flexibility index (Phi) is 6.74. The van der Waals surface area contributed by atoms with E-state index >= 15 is 0 Å². The summed E-state index contributed by atoms with van der Waals surface area (Å²) in [5, 5.41) is 0. The number of cyclic esters (lactones) is 1. The molecule has 0 saturated carbocycles. The fourth-order valence-corrected chi connectivity index (χ4v) is 4.75. The highest BCUT2D eigenvalue weighted by molar-refractivity contribution is 9.11. The van der Waals surface area contributed by atoms with Crippen LogP contribution in [0.3, 0.4) is 0 Å². The van der Waals surface area contributed by atoms with E-state index in [1.165, 1.54) is 0 Å². The van der Waals surface area contributed by atoms with E-state index in [0.29, 0.717) is 18.3 Å². The summed E-state index contributed by atoms with van der Waals surface area (Å²) in [6, 6.07) is 19.4. The molecule has 0 amide bonds. The first-order chi connectivity index (χ1) is 14.9. The normalized spacial score (nSPS) is 14.5. The molecule has 0 unspecified atom stereocenters. The van der Waals surface area contributed by atoms with E-state index in [-0.39, 0.29) is 5.70 Å². The number of aliphatic imine (C=N–C) groups is 1. The summed E-state index contributed by atoms with van der Waals surface area (Å²) < 4.78 is 13.9. The summed E-state index contributed by atoms with van der Waals surface area (Å²) in [5.74, 6) is 0.533. The van der Waals surface area contributed by atoms with Gasteiger partial charge in [-0.3, -0.25) is 0 Å². The lowest BCUT2D eigenvalue weighted by atomic mass is 10.1. The zero-order chi connectivity index (χ0) is 22.0. The topological polar surface area (TPSA) is 47.9 Å². The molecule has 0 aromatic heterocycles. The van der Waals surface area contributed by atoms with Crippen molar-refractivity contribution < 1.29 is 14.3 Å². The number of carbonyl (C=O) groups excluding carboxylic acids is 1. The number of aryl methyl sites for hydroxylation is 1. The largest absolute Gasteiger partial charge is 0.487 e. The lowest BCUT2D eigenvalue weighted by Gasteiger charge is -2.11. The predicted molar refractivity (Wildman–Crippen MR) is 132 cm³/mol. The Labute approximate surface area is 205 Å². The summed E-state index contributed by atoms with van der Waals surface area (Å²) in [6.45, 7) is 2.38. The second-order valence-electron chi connectivity index (χ2n) is 6.88. The molecule has 7 heteroatoms. The highest BCUT2D eigenvalue weighted by atomic mass is 79.9. The molecule has 0 fully saturated rings. The van der Waals surface area contributed by atoms with Crippen molar-refractivity contribution in [2.24, 2.45) is 4.99 Å². The fraction of sp³-hybridized carbons (Fsp3) is 0.0833. The number of halogens is 3. The van der Waals surface area contributed by atoms with Crippen LogP contribution in [0.15, 0.2) is 84.8 Å². The van der Waals surface area contributed by atoms with Crippen LogP contribution in [-0.2, 0) is 16.1 Å². The standard InChI is InChI=1S/C24H16Br3NO3/c1-14-4-2-3-5-18(14)23-28-21(24(29)31-23)12-16-10-19(26)22(20(27)11-16)30-13-15-6-8-17(25)9-7-15/h2-12H,13H2,1H3/b21-12-. The Bertz CT molecular complexity index is 1190. The first kappa shape index (κ1) is 22.0. The van der Waals surface area contributed by atoms with Crippen LogP contribution >= 0.6 is 47.8 Å². The monoisotopic (exact) mass is 603 g/mol. The van der Waals surface area contributed by atoms with Gasteiger partial charge in [0.2, 0.25) is 5.90 Å². The van der Waals surface area contributed by atoms with Gasteiger partial charge in [-0.05, 0) is 91.9 Å². The number of ether oxygens (including phenoxy) is 2. The summed E-state index contributed by atoms with van der Waals surface area (Å²) >= 11 is 10.6. The molecule has 0 N–H and O–H groups in total. The molecular weight excluding hydrogens is 590 g/mol. The van der Waals surface area contributed by atoms with Gasteiger partial charge in [0.1, 0.15) is 12.4 Å². The molecule has 0 saturated heterocycles. The molecular formula is C24H16Br3NO3. The number of hydrogen-bond acceptors (Lipinski definition) is 4. The van der Waals surface area contributed by atoms with Crippen LogP contribution < -0.4 is 4.74 Å². The first-order valence-electron chi connectivity index (χ1n) is 9.35. The molecule has 0 spiro atoms. The maximum absolute atomic E-state index is 12.3. The Morgan fingerprint density at radius 1 is 1.00 bits per heavy atom. The number of rotatable bonds is 5. The Morgan fingerprint density at radius 2 is 1.68 bits per heavy atom. The molecule has 0 radical (unpaired) electrons. The van der Waals surface area contributed by atoms with Gasteiger partial charge in [0, 0.05) is 10.0 Å². The number of nitrogens with zero attached hydrogens (tertiary/aromatic N) is 1. The maximum atomic E-state index is 12.3. The minimum Gasteiger partial charge on any atom is -0.487 e. The minimum atomic E-state index is -0.471. The zero-order valence-corrected chi connectivity index (χ0v) is 21.1. The van der Waals surface area contributed by atoms with Crippen LogP contribution in [0.2, 0.25) is 0 Å². The second-order valence-corrected chi connectivity index (χ2v) is 9.50. The van der Waals surface area contributed by atoms with Gasteiger partial charge in [-0.15, -0.1) is 0 Å². The highest BCUT2D eigenvalue weighted by Crippen LogP contribution is 2.36. The third-order valence-corrected chi connectivity index (χ3v) is 6.32. The lowest BCUT2D eigenvalue weighted by molar-refractivity contribution is -0.129. The van der Waals surface area contributed by atoms with Gasteiger partial charge in [-0.25, -0.2) is 9.79 Å². The SMILES string of the molecule is Cc1ccccc1C1=N/C(=C\c2cc(Br)c(OCc3ccc(Br)cc3)c(Br)c2)C(=O)O1. The minimum absolute atomic E-state index is 0.251. The van der Waals surface area contributed by atoms with Crippen molar-refractivity contribution in [3.05, 3.63) is 102 Å². The number of benzene rings is 3. The number of esters is 1. The number of carbonyl (C=O) groups is 1. The van der Waals surface area contributed by atoms with E-state index in [9.17, 15) is 4.79 Å². The third kappa shape index (κ3) is 5.17. The smallest absolute Gasteiger partial charge is 0.363 e.